The third-order valence-electron chi connectivity index (χ3n) is 5.69. The fraction of sp³-hybridized carbons (Fsp3) is 0.792. The van der Waals surface area contributed by atoms with Crippen LogP contribution in [0.3, 0.4) is 0 Å². The number of nitrogens with one attached hydrogen (secondary N) is 1. The molecule has 2 amide bonds. The molecule has 178 valence electrons. The largest absolute Gasteiger partial charge is 0.373 e. The van der Waals surface area contributed by atoms with Gasteiger partial charge in [-0.05, 0) is 6.42 Å². The Bertz CT molecular complexity index is 604. The van der Waals surface area contributed by atoms with Crippen molar-refractivity contribution in [2.24, 2.45) is 0 Å². The topological polar surface area (TPSA) is 76.5 Å². The molecule has 0 radical (unpaired) electrons. The van der Waals surface area contributed by atoms with Gasteiger partial charge in [0.05, 0.1) is 6.33 Å². The lowest BCUT2D eigenvalue weighted by Gasteiger charge is -2.14. The van der Waals surface area contributed by atoms with Gasteiger partial charge in [0.25, 0.3) is 5.91 Å². The summed E-state index contributed by atoms with van der Waals surface area (Å²) in [6, 6.07) is 0. The molecule has 1 aromatic heterocycles. The molecule has 0 saturated carbocycles. The summed E-state index contributed by atoms with van der Waals surface area (Å²) in [6.07, 6.45) is 20.7. The number of imide groups is 1. The molecule has 0 aliphatic heterocycles. The standard InChI is InChI=1S/C24H44N4O3/c1-4-5-6-7-8-9-10-11-12-13-14-15-16-17-18-27-19-26-22(23(27)25-2)24(30)28(20-29)21-31-3/h19-20,25H,4-18,21H2,1-3H3. The van der Waals surface area contributed by atoms with Crippen molar-refractivity contribution < 1.29 is 14.3 Å². The van der Waals surface area contributed by atoms with E-state index in [4.69, 9.17) is 4.74 Å². The number of hydrogen-bond donors (Lipinski definition) is 1. The highest BCUT2D eigenvalue weighted by atomic mass is 16.5. The molecule has 1 rings (SSSR count). The van der Waals surface area contributed by atoms with Gasteiger partial charge in [-0.25, -0.2) is 4.98 Å². The van der Waals surface area contributed by atoms with E-state index in [0.29, 0.717) is 12.2 Å². The lowest BCUT2D eigenvalue weighted by molar-refractivity contribution is -0.119. The van der Waals surface area contributed by atoms with Crippen LogP contribution in [-0.4, -0.2) is 47.7 Å². The van der Waals surface area contributed by atoms with Gasteiger partial charge in [0, 0.05) is 20.7 Å². The summed E-state index contributed by atoms with van der Waals surface area (Å²) >= 11 is 0. The first-order valence-corrected chi connectivity index (χ1v) is 12.2. The molecule has 0 aliphatic carbocycles. The number of aromatic nitrogens is 2. The van der Waals surface area contributed by atoms with E-state index in [1.807, 2.05) is 4.57 Å². The number of nitrogens with zero attached hydrogens (tertiary/aromatic N) is 3. The van der Waals surface area contributed by atoms with E-state index < -0.39 is 5.91 Å². The van der Waals surface area contributed by atoms with Crippen molar-refractivity contribution >= 4 is 18.1 Å². The number of rotatable bonds is 20. The number of anilines is 1. The molecule has 0 aliphatic rings. The van der Waals surface area contributed by atoms with Crippen molar-refractivity contribution in [1.29, 1.82) is 0 Å². The van der Waals surface area contributed by atoms with E-state index in [-0.39, 0.29) is 12.4 Å². The number of aryl methyl sites for hydroxylation is 1. The average molecular weight is 437 g/mol. The number of hydrogen-bond acceptors (Lipinski definition) is 5. The van der Waals surface area contributed by atoms with Crippen LogP contribution >= 0.6 is 0 Å². The van der Waals surface area contributed by atoms with E-state index >= 15 is 0 Å². The van der Waals surface area contributed by atoms with Crippen LogP contribution in [-0.2, 0) is 16.1 Å². The van der Waals surface area contributed by atoms with E-state index in [0.717, 1.165) is 17.9 Å². The fourth-order valence-corrected chi connectivity index (χ4v) is 3.86. The second-order valence-corrected chi connectivity index (χ2v) is 8.28. The second kappa shape index (κ2) is 17.8. The highest BCUT2D eigenvalue weighted by molar-refractivity contribution is 6.01. The van der Waals surface area contributed by atoms with Crippen LogP contribution in [0.2, 0.25) is 0 Å². The van der Waals surface area contributed by atoms with E-state index in [1.165, 1.54) is 90.6 Å². The molecule has 0 bridgehead atoms. The SMILES string of the molecule is CCCCCCCCCCCCCCCCn1cnc(C(=O)N(C=O)COC)c1NC. The van der Waals surface area contributed by atoms with Crippen LogP contribution in [0.4, 0.5) is 5.82 Å². The zero-order chi connectivity index (χ0) is 22.7. The Labute approximate surface area is 188 Å². The fourth-order valence-electron chi connectivity index (χ4n) is 3.86. The van der Waals surface area contributed by atoms with E-state index in [1.54, 1.807) is 13.4 Å². The van der Waals surface area contributed by atoms with Gasteiger partial charge in [-0.2, -0.15) is 0 Å². The summed E-state index contributed by atoms with van der Waals surface area (Å²) < 4.78 is 6.84. The summed E-state index contributed by atoms with van der Waals surface area (Å²) in [7, 11) is 3.20. The first-order valence-electron chi connectivity index (χ1n) is 12.2. The third-order valence-corrected chi connectivity index (χ3v) is 5.69. The predicted octanol–water partition coefficient (Wildman–Crippen LogP) is 5.61. The summed E-state index contributed by atoms with van der Waals surface area (Å²) in [6.45, 7) is 2.99. The van der Waals surface area contributed by atoms with Crippen LogP contribution in [0, 0.1) is 0 Å². The zero-order valence-corrected chi connectivity index (χ0v) is 20.0. The molecule has 1 N–H and O–H groups in total. The van der Waals surface area contributed by atoms with Crippen molar-refractivity contribution in [2.45, 2.75) is 103 Å². The third kappa shape index (κ3) is 10.8. The van der Waals surface area contributed by atoms with E-state index in [9.17, 15) is 9.59 Å². The molecule has 0 atom stereocenters. The number of imidazole rings is 1. The van der Waals surface area contributed by atoms with Crippen molar-refractivity contribution in [3.63, 3.8) is 0 Å². The van der Waals surface area contributed by atoms with Gasteiger partial charge in [0.15, 0.2) is 5.69 Å². The molecule has 0 fully saturated rings. The van der Waals surface area contributed by atoms with Crippen molar-refractivity contribution in [2.75, 3.05) is 26.2 Å². The molecule has 0 aromatic carbocycles. The number of unbranched alkanes of at least 4 members (excludes halogenated alkanes) is 13. The van der Waals surface area contributed by atoms with E-state index in [2.05, 4.69) is 17.2 Å². The molecule has 31 heavy (non-hydrogen) atoms. The minimum Gasteiger partial charge on any atom is -0.373 e. The Morgan fingerprint density at radius 3 is 1.97 bits per heavy atom. The molecular formula is C24H44N4O3. The smallest absolute Gasteiger partial charge is 0.284 e. The molecule has 7 nitrogen and oxygen atoms in total. The Morgan fingerprint density at radius 1 is 1.00 bits per heavy atom. The molecule has 7 heteroatoms. The Balaban J connectivity index is 2.17. The summed E-state index contributed by atoms with van der Waals surface area (Å²) in [5, 5.41) is 3.04. The Kier molecular flexibility index (Phi) is 15.5. The van der Waals surface area contributed by atoms with Crippen LogP contribution in [0.1, 0.15) is 107 Å². The van der Waals surface area contributed by atoms with Gasteiger partial charge in [-0.1, -0.05) is 90.4 Å². The average Bonchev–Trinajstić information content (AvgIpc) is 3.20. The number of ether oxygens (including phenoxy) is 1. The second-order valence-electron chi connectivity index (χ2n) is 8.28. The van der Waals surface area contributed by atoms with Crippen LogP contribution in [0.15, 0.2) is 6.33 Å². The van der Waals surface area contributed by atoms with Crippen LogP contribution in [0.5, 0.6) is 0 Å². The number of carbonyl (C=O) groups excluding carboxylic acids is 2. The van der Waals surface area contributed by atoms with Gasteiger partial charge >= 0.3 is 0 Å². The van der Waals surface area contributed by atoms with Crippen molar-refractivity contribution in [3.8, 4) is 0 Å². The van der Waals surface area contributed by atoms with Gasteiger partial charge in [-0.15, -0.1) is 0 Å². The monoisotopic (exact) mass is 436 g/mol. The number of carbonyl (C=O) groups is 2. The van der Waals surface area contributed by atoms with Gasteiger partial charge in [0.1, 0.15) is 12.5 Å². The highest BCUT2D eigenvalue weighted by Crippen LogP contribution is 2.18. The quantitative estimate of drug-likeness (QED) is 0.163. The van der Waals surface area contributed by atoms with Gasteiger partial charge in [-0.3, -0.25) is 14.5 Å². The molecular weight excluding hydrogens is 392 g/mol. The highest BCUT2D eigenvalue weighted by Gasteiger charge is 2.22. The van der Waals surface area contributed by atoms with Crippen molar-refractivity contribution in [1.82, 2.24) is 14.5 Å². The van der Waals surface area contributed by atoms with Crippen LogP contribution in [0.25, 0.3) is 0 Å². The number of methoxy groups -OCH3 is 1. The molecule has 0 spiro atoms. The summed E-state index contributed by atoms with van der Waals surface area (Å²) in [4.78, 5) is 28.8. The number of amides is 2. The molecule has 1 heterocycles. The minimum absolute atomic E-state index is 0.0860. The maximum absolute atomic E-state index is 12.5. The first kappa shape index (κ1) is 27.1. The summed E-state index contributed by atoms with van der Waals surface area (Å²) in [5.41, 5.74) is 0.247. The molecule has 0 saturated heterocycles. The zero-order valence-electron chi connectivity index (χ0n) is 20.0. The predicted molar refractivity (Wildman–Crippen MR) is 126 cm³/mol. The van der Waals surface area contributed by atoms with Gasteiger partial charge in [0.2, 0.25) is 6.41 Å². The van der Waals surface area contributed by atoms with Crippen molar-refractivity contribution in [3.05, 3.63) is 12.0 Å². The first-order chi connectivity index (χ1) is 15.2. The normalized spacial score (nSPS) is 10.9. The maximum Gasteiger partial charge on any atom is 0.284 e. The maximum atomic E-state index is 12.5. The molecule has 1 aromatic rings. The van der Waals surface area contributed by atoms with Gasteiger partial charge < -0.3 is 14.6 Å². The van der Waals surface area contributed by atoms with Crippen LogP contribution < -0.4 is 5.32 Å². The lowest BCUT2D eigenvalue weighted by atomic mass is 10.0. The summed E-state index contributed by atoms with van der Waals surface area (Å²) in [5.74, 6) is 0.184. The Hall–Kier alpha value is -1.89. The lowest BCUT2D eigenvalue weighted by Crippen LogP contribution is -2.32. The minimum atomic E-state index is -0.457. The molecule has 0 unspecified atom stereocenters. The Morgan fingerprint density at radius 2 is 1.52 bits per heavy atom.